The molecule has 0 radical (unpaired) electrons. The van der Waals surface area contributed by atoms with Crippen LogP contribution >= 0.6 is 0 Å². The first-order valence-corrected chi connectivity index (χ1v) is 8.70. The SMILES string of the molecule is Cc1ccc(S(=O)(=O)N2CC(N=[N+]=[N-])c3cc([N+](=O)[O-])ccc32)cc1. The number of azide groups is 1. The zero-order valence-electron chi connectivity index (χ0n) is 13.1. The van der Waals surface area contributed by atoms with Crippen LogP contribution in [0.4, 0.5) is 11.4 Å². The van der Waals surface area contributed by atoms with Gasteiger partial charge >= 0.3 is 0 Å². The predicted molar refractivity (Wildman–Crippen MR) is 90.7 cm³/mol. The van der Waals surface area contributed by atoms with Crippen molar-refractivity contribution in [1.29, 1.82) is 0 Å². The minimum absolute atomic E-state index is 0.100. The van der Waals surface area contributed by atoms with Gasteiger partial charge in [-0.05, 0) is 36.2 Å². The van der Waals surface area contributed by atoms with Crippen LogP contribution in [0.5, 0.6) is 0 Å². The third kappa shape index (κ3) is 2.88. The highest BCUT2D eigenvalue weighted by Gasteiger charge is 2.37. The minimum atomic E-state index is -3.87. The van der Waals surface area contributed by atoms with Crippen molar-refractivity contribution in [3.8, 4) is 0 Å². The van der Waals surface area contributed by atoms with Crippen molar-refractivity contribution in [2.75, 3.05) is 10.8 Å². The van der Waals surface area contributed by atoms with Gasteiger partial charge in [0.1, 0.15) is 0 Å². The smallest absolute Gasteiger partial charge is 0.265 e. The van der Waals surface area contributed by atoms with Crippen molar-refractivity contribution in [3.63, 3.8) is 0 Å². The second-order valence-electron chi connectivity index (χ2n) is 5.57. The van der Waals surface area contributed by atoms with Crippen LogP contribution in [0.25, 0.3) is 10.4 Å². The van der Waals surface area contributed by atoms with E-state index in [0.717, 1.165) is 9.87 Å². The average Bonchev–Trinajstić information content (AvgIpc) is 2.94. The third-order valence-electron chi connectivity index (χ3n) is 3.99. The number of hydrogen-bond donors (Lipinski definition) is 0. The standard InChI is InChI=1S/C15H13N5O4S/c1-10-2-5-12(6-3-10)25(23,24)19-9-14(17-18-16)13-8-11(20(21)22)4-7-15(13)19/h2-8,14H,9H2,1H3. The molecule has 1 heterocycles. The van der Waals surface area contributed by atoms with Crippen LogP contribution in [-0.2, 0) is 10.0 Å². The van der Waals surface area contributed by atoms with E-state index in [1.807, 2.05) is 6.92 Å². The summed E-state index contributed by atoms with van der Waals surface area (Å²) in [5.74, 6) is 0. The molecule has 128 valence electrons. The molecule has 9 nitrogen and oxygen atoms in total. The van der Waals surface area contributed by atoms with Crippen molar-refractivity contribution in [2.24, 2.45) is 5.11 Å². The van der Waals surface area contributed by atoms with Gasteiger partial charge in [0.2, 0.25) is 0 Å². The zero-order valence-corrected chi connectivity index (χ0v) is 13.9. The van der Waals surface area contributed by atoms with Gasteiger partial charge in [0.15, 0.2) is 0 Å². The van der Waals surface area contributed by atoms with Crippen molar-refractivity contribution >= 4 is 21.4 Å². The lowest BCUT2D eigenvalue weighted by molar-refractivity contribution is -0.384. The van der Waals surface area contributed by atoms with Crippen molar-refractivity contribution in [2.45, 2.75) is 17.9 Å². The molecule has 0 N–H and O–H groups in total. The van der Waals surface area contributed by atoms with E-state index in [-0.39, 0.29) is 22.8 Å². The van der Waals surface area contributed by atoms with Gasteiger partial charge in [-0.2, -0.15) is 0 Å². The Labute approximate surface area is 143 Å². The predicted octanol–water partition coefficient (Wildman–Crippen LogP) is 3.46. The number of fused-ring (bicyclic) bond motifs is 1. The molecule has 1 unspecified atom stereocenters. The number of hydrogen-bond acceptors (Lipinski definition) is 5. The summed E-state index contributed by atoms with van der Waals surface area (Å²) in [7, 11) is -3.87. The average molecular weight is 359 g/mol. The molecule has 2 aromatic carbocycles. The lowest BCUT2D eigenvalue weighted by Gasteiger charge is -2.19. The summed E-state index contributed by atoms with van der Waals surface area (Å²) in [4.78, 5) is 13.2. The molecule has 0 amide bonds. The first kappa shape index (κ1) is 16.7. The number of nitro groups is 1. The van der Waals surface area contributed by atoms with E-state index in [0.29, 0.717) is 5.56 Å². The van der Waals surface area contributed by atoms with Gasteiger partial charge in [0, 0.05) is 23.6 Å². The van der Waals surface area contributed by atoms with Crippen LogP contribution in [0.2, 0.25) is 0 Å². The molecule has 1 aliphatic heterocycles. The number of benzene rings is 2. The van der Waals surface area contributed by atoms with Gasteiger partial charge in [-0.3, -0.25) is 14.4 Å². The summed E-state index contributed by atoms with van der Waals surface area (Å²) in [6.45, 7) is 1.75. The van der Waals surface area contributed by atoms with Crippen LogP contribution in [0.15, 0.2) is 52.5 Å². The van der Waals surface area contributed by atoms with Gasteiger partial charge in [-0.1, -0.05) is 22.8 Å². The van der Waals surface area contributed by atoms with Crippen molar-refractivity contribution in [1.82, 2.24) is 0 Å². The second kappa shape index (κ2) is 6.08. The Morgan fingerprint density at radius 3 is 2.56 bits per heavy atom. The Balaban J connectivity index is 2.12. The second-order valence-corrected chi connectivity index (χ2v) is 7.43. The molecule has 1 atom stereocenters. The highest BCUT2D eigenvalue weighted by molar-refractivity contribution is 7.92. The number of rotatable bonds is 4. The lowest BCUT2D eigenvalue weighted by Crippen LogP contribution is -2.29. The zero-order chi connectivity index (χ0) is 18.2. The molecular formula is C15H13N5O4S. The fourth-order valence-corrected chi connectivity index (χ4v) is 4.23. The summed E-state index contributed by atoms with van der Waals surface area (Å²) in [6.07, 6.45) is 0. The molecule has 0 spiro atoms. The molecule has 0 saturated heterocycles. The van der Waals surface area contributed by atoms with E-state index in [9.17, 15) is 18.5 Å². The molecule has 25 heavy (non-hydrogen) atoms. The first-order chi connectivity index (χ1) is 11.8. The molecule has 1 aliphatic rings. The van der Waals surface area contributed by atoms with Crippen molar-refractivity contribution in [3.05, 3.63) is 74.1 Å². The van der Waals surface area contributed by atoms with E-state index in [2.05, 4.69) is 10.0 Å². The molecule has 0 fully saturated rings. The van der Waals surface area contributed by atoms with Crippen molar-refractivity contribution < 1.29 is 13.3 Å². The number of non-ortho nitro benzene ring substituents is 1. The summed E-state index contributed by atoms with van der Waals surface area (Å²) >= 11 is 0. The molecule has 0 saturated carbocycles. The Morgan fingerprint density at radius 2 is 1.96 bits per heavy atom. The van der Waals surface area contributed by atoms with E-state index in [4.69, 9.17) is 5.53 Å². The van der Waals surface area contributed by atoms with Crippen LogP contribution in [0, 0.1) is 17.0 Å². The fraction of sp³-hybridized carbons (Fsp3) is 0.200. The molecule has 0 aliphatic carbocycles. The van der Waals surface area contributed by atoms with Gasteiger partial charge in [0.05, 0.1) is 21.5 Å². The molecule has 3 rings (SSSR count). The fourth-order valence-electron chi connectivity index (χ4n) is 2.73. The maximum absolute atomic E-state index is 12.9. The number of sulfonamides is 1. The molecule has 0 bridgehead atoms. The number of anilines is 1. The molecule has 0 aromatic heterocycles. The first-order valence-electron chi connectivity index (χ1n) is 7.26. The highest BCUT2D eigenvalue weighted by atomic mass is 32.2. The largest absolute Gasteiger partial charge is 0.269 e. The van der Waals surface area contributed by atoms with Gasteiger partial charge in [-0.15, -0.1) is 0 Å². The van der Waals surface area contributed by atoms with Gasteiger partial charge < -0.3 is 0 Å². The number of nitro benzene ring substituents is 1. The topological polar surface area (TPSA) is 129 Å². The quantitative estimate of drug-likeness (QED) is 0.272. The molecule has 10 heteroatoms. The van der Waals surface area contributed by atoms with Crippen LogP contribution in [0.1, 0.15) is 17.2 Å². The molecular weight excluding hydrogens is 346 g/mol. The van der Waals surface area contributed by atoms with Crippen LogP contribution in [-0.4, -0.2) is 19.9 Å². The lowest BCUT2D eigenvalue weighted by atomic mass is 10.1. The van der Waals surface area contributed by atoms with E-state index >= 15 is 0 Å². The summed E-state index contributed by atoms with van der Waals surface area (Å²) in [5.41, 5.74) is 10.1. The Kier molecular flexibility index (Phi) is 4.07. The minimum Gasteiger partial charge on any atom is -0.265 e. The maximum Gasteiger partial charge on any atom is 0.269 e. The Hall–Kier alpha value is -3.10. The van der Waals surface area contributed by atoms with E-state index in [1.54, 1.807) is 12.1 Å². The van der Waals surface area contributed by atoms with E-state index in [1.165, 1.54) is 30.3 Å². The third-order valence-corrected chi connectivity index (χ3v) is 5.78. The van der Waals surface area contributed by atoms with Gasteiger partial charge in [-0.25, -0.2) is 8.42 Å². The molecule has 2 aromatic rings. The highest BCUT2D eigenvalue weighted by Crippen LogP contribution is 2.42. The number of nitrogens with zero attached hydrogens (tertiary/aromatic N) is 5. The summed E-state index contributed by atoms with van der Waals surface area (Å²) in [5, 5.41) is 14.6. The summed E-state index contributed by atoms with van der Waals surface area (Å²) in [6, 6.07) is 9.39. The summed E-state index contributed by atoms with van der Waals surface area (Å²) < 4.78 is 27.0. The van der Waals surface area contributed by atoms with E-state index < -0.39 is 21.0 Å². The normalized spacial score (nSPS) is 16.2. The number of aryl methyl sites for hydroxylation is 1. The van der Waals surface area contributed by atoms with Crippen LogP contribution in [0.3, 0.4) is 0 Å². The van der Waals surface area contributed by atoms with Crippen LogP contribution < -0.4 is 4.31 Å². The Morgan fingerprint density at radius 1 is 1.28 bits per heavy atom. The Bertz CT molecular complexity index is 997. The maximum atomic E-state index is 12.9. The van der Waals surface area contributed by atoms with Gasteiger partial charge in [0.25, 0.3) is 15.7 Å². The monoisotopic (exact) mass is 359 g/mol.